The van der Waals surface area contributed by atoms with Gasteiger partial charge in [-0.05, 0) is 30.3 Å². The molecule has 0 atom stereocenters. The summed E-state index contributed by atoms with van der Waals surface area (Å²) in [6, 6.07) is 8.32. The monoisotopic (exact) mass is 323 g/mol. The lowest BCUT2D eigenvalue weighted by Gasteiger charge is -2.08. The zero-order valence-electron chi connectivity index (χ0n) is 11.4. The van der Waals surface area contributed by atoms with Gasteiger partial charge in [0.25, 0.3) is 0 Å². The van der Waals surface area contributed by atoms with E-state index < -0.39 is 29.1 Å². The van der Waals surface area contributed by atoms with Crippen LogP contribution in [0.4, 0.5) is 28.9 Å². The smallest absolute Gasteiger partial charge is 0.418 e. The highest BCUT2D eigenvalue weighted by atomic mass is 19.4. The predicted octanol–water partition coefficient (Wildman–Crippen LogP) is 5.45. The fraction of sp³-hybridized carbons (Fsp3) is 0.0667. The third-order valence-corrected chi connectivity index (χ3v) is 3.18. The van der Waals surface area contributed by atoms with Gasteiger partial charge in [0.1, 0.15) is 5.82 Å². The second kappa shape index (κ2) is 5.38. The van der Waals surface area contributed by atoms with Gasteiger partial charge in [-0.15, -0.1) is 10.2 Å². The van der Waals surface area contributed by atoms with E-state index in [1.807, 2.05) is 0 Å². The Morgan fingerprint density at radius 1 is 1.00 bits per heavy atom. The molecule has 0 aliphatic heterocycles. The fourth-order valence-electron chi connectivity index (χ4n) is 2.14. The quantitative estimate of drug-likeness (QED) is 0.478. The van der Waals surface area contributed by atoms with Gasteiger partial charge in [-0.25, -0.2) is 4.39 Å². The fourth-order valence-corrected chi connectivity index (χ4v) is 2.14. The van der Waals surface area contributed by atoms with Crippen molar-refractivity contribution in [1.82, 2.24) is 4.98 Å². The van der Waals surface area contributed by atoms with Crippen LogP contribution in [0.15, 0.2) is 52.7 Å². The van der Waals surface area contributed by atoms with Crippen molar-refractivity contribution in [2.24, 2.45) is 10.2 Å². The standard InChI is InChI=1S/C15H9F4N3O/c16-8-5-6-11-9(7-8)13(14(23)20-11)22-21-12-4-2-1-3-10(12)15(17,18)19/h1-7,20,23H. The average Bonchev–Trinajstić information content (AvgIpc) is 2.79. The molecular formula is C15H9F4N3O. The lowest BCUT2D eigenvalue weighted by Crippen LogP contribution is -2.04. The van der Waals surface area contributed by atoms with E-state index in [2.05, 4.69) is 15.2 Å². The van der Waals surface area contributed by atoms with Crippen LogP contribution in [0, 0.1) is 5.82 Å². The van der Waals surface area contributed by atoms with Crippen molar-refractivity contribution in [3.63, 3.8) is 0 Å². The van der Waals surface area contributed by atoms with E-state index >= 15 is 0 Å². The summed E-state index contributed by atoms with van der Waals surface area (Å²) >= 11 is 0. The van der Waals surface area contributed by atoms with Gasteiger partial charge in [0.15, 0.2) is 5.69 Å². The summed E-state index contributed by atoms with van der Waals surface area (Å²) in [7, 11) is 0. The number of hydrogen-bond acceptors (Lipinski definition) is 3. The lowest BCUT2D eigenvalue weighted by atomic mass is 10.2. The Bertz CT molecular complexity index is 899. The number of H-pyrrole nitrogens is 1. The van der Waals surface area contributed by atoms with Crippen LogP contribution < -0.4 is 0 Å². The van der Waals surface area contributed by atoms with Crippen molar-refractivity contribution < 1.29 is 22.7 Å². The number of aromatic hydroxyl groups is 1. The van der Waals surface area contributed by atoms with Crippen LogP contribution in [0.2, 0.25) is 0 Å². The van der Waals surface area contributed by atoms with Crippen LogP contribution in [0.5, 0.6) is 5.88 Å². The van der Waals surface area contributed by atoms with Crippen molar-refractivity contribution in [3.8, 4) is 5.88 Å². The largest absolute Gasteiger partial charge is 0.493 e. The second-order valence-corrected chi connectivity index (χ2v) is 4.73. The van der Waals surface area contributed by atoms with Crippen molar-refractivity contribution in [3.05, 3.63) is 53.8 Å². The Morgan fingerprint density at radius 2 is 1.74 bits per heavy atom. The highest BCUT2D eigenvalue weighted by Gasteiger charge is 2.33. The number of aromatic nitrogens is 1. The molecule has 0 radical (unpaired) electrons. The van der Waals surface area contributed by atoms with Gasteiger partial charge >= 0.3 is 6.18 Å². The van der Waals surface area contributed by atoms with Gasteiger partial charge in [0.2, 0.25) is 5.88 Å². The molecule has 2 aromatic carbocycles. The minimum atomic E-state index is -4.58. The molecule has 118 valence electrons. The third-order valence-electron chi connectivity index (χ3n) is 3.18. The summed E-state index contributed by atoms with van der Waals surface area (Å²) in [5.41, 5.74) is -1.09. The number of halogens is 4. The van der Waals surface area contributed by atoms with Crippen molar-refractivity contribution in [2.75, 3.05) is 0 Å². The van der Waals surface area contributed by atoms with Crippen LogP contribution in [-0.2, 0) is 6.18 Å². The molecule has 0 amide bonds. The molecule has 0 fully saturated rings. The number of nitrogens with one attached hydrogen (secondary N) is 1. The van der Waals surface area contributed by atoms with E-state index in [1.54, 1.807) is 0 Å². The molecule has 0 aliphatic rings. The topological polar surface area (TPSA) is 60.7 Å². The minimum absolute atomic E-state index is 0.128. The van der Waals surface area contributed by atoms with Gasteiger partial charge in [-0.2, -0.15) is 13.2 Å². The molecule has 4 nitrogen and oxygen atoms in total. The number of fused-ring (bicyclic) bond motifs is 1. The molecule has 3 aromatic rings. The lowest BCUT2D eigenvalue weighted by molar-refractivity contribution is -0.137. The van der Waals surface area contributed by atoms with E-state index in [0.29, 0.717) is 5.52 Å². The van der Waals surface area contributed by atoms with Gasteiger partial charge in [0, 0.05) is 5.39 Å². The molecule has 1 heterocycles. The molecule has 0 spiro atoms. The summed E-state index contributed by atoms with van der Waals surface area (Å²) in [5.74, 6) is -0.970. The Kier molecular flexibility index (Phi) is 3.51. The van der Waals surface area contributed by atoms with Crippen LogP contribution in [0.1, 0.15) is 5.56 Å². The zero-order chi connectivity index (χ0) is 16.6. The van der Waals surface area contributed by atoms with Crippen molar-refractivity contribution >= 4 is 22.3 Å². The normalized spacial score (nSPS) is 12.3. The van der Waals surface area contributed by atoms with E-state index in [0.717, 1.165) is 18.2 Å². The van der Waals surface area contributed by atoms with Gasteiger partial charge in [-0.1, -0.05) is 12.1 Å². The van der Waals surface area contributed by atoms with Gasteiger partial charge in [0.05, 0.1) is 16.8 Å². The molecule has 8 heteroatoms. The van der Waals surface area contributed by atoms with E-state index in [9.17, 15) is 22.7 Å². The SMILES string of the molecule is Oc1[nH]c2ccc(F)cc2c1N=Nc1ccccc1C(F)(F)F. The highest BCUT2D eigenvalue weighted by molar-refractivity contribution is 5.94. The second-order valence-electron chi connectivity index (χ2n) is 4.73. The van der Waals surface area contributed by atoms with Crippen LogP contribution >= 0.6 is 0 Å². The first kappa shape index (κ1) is 15.0. The maximum absolute atomic E-state index is 13.3. The number of alkyl halides is 3. The molecule has 0 bridgehead atoms. The first-order valence-electron chi connectivity index (χ1n) is 6.44. The predicted molar refractivity (Wildman–Crippen MR) is 75.5 cm³/mol. The summed E-state index contributed by atoms with van der Waals surface area (Å²) in [6.45, 7) is 0. The average molecular weight is 323 g/mol. The number of hydrogen-bond donors (Lipinski definition) is 2. The minimum Gasteiger partial charge on any atom is -0.493 e. The Morgan fingerprint density at radius 3 is 2.48 bits per heavy atom. The first-order chi connectivity index (χ1) is 10.9. The molecule has 23 heavy (non-hydrogen) atoms. The summed E-state index contributed by atoms with van der Waals surface area (Å²) in [6.07, 6.45) is -4.58. The Labute approximate surface area is 127 Å². The van der Waals surface area contributed by atoms with E-state index in [1.165, 1.54) is 24.3 Å². The summed E-state index contributed by atoms with van der Waals surface area (Å²) in [5, 5.41) is 17.2. The summed E-state index contributed by atoms with van der Waals surface area (Å²) in [4.78, 5) is 2.55. The van der Waals surface area contributed by atoms with Crippen LogP contribution in [0.3, 0.4) is 0 Å². The van der Waals surface area contributed by atoms with E-state index in [4.69, 9.17) is 0 Å². The van der Waals surface area contributed by atoms with E-state index in [-0.39, 0.29) is 11.1 Å². The summed E-state index contributed by atoms with van der Waals surface area (Å²) < 4.78 is 52.0. The molecule has 0 saturated carbocycles. The Balaban J connectivity index is 2.08. The first-order valence-corrected chi connectivity index (χ1v) is 6.44. The van der Waals surface area contributed by atoms with Crippen molar-refractivity contribution in [1.29, 1.82) is 0 Å². The van der Waals surface area contributed by atoms with Gasteiger partial charge in [-0.3, -0.25) is 0 Å². The molecule has 3 rings (SSSR count). The number of nitrogens with zero attached hydrogens (tertiary/aromatic N) is 2. The number of benzene rings is 2. The number of azo groups is 1. The number of aromatic amines is 1. The zero-order valence-corrected chi connectivity index (χ0v) is 11.4. The van der Waals surface area contributed by atoms with Gasteiger partial charge < -0.3 is 10.1 Å². The molecular weight excluding hydrogens is 314 g/mol. The Hall–Kier alpha value is -2.90. The van der Waals surface area contributed by atoms with Crippen LogP contribution in [0.25, 0.3) is 10.9 Å². The molecule has 0 saturated heterocycles. The highest BCUT2D eigenvalue weighted by Crippen LogP contribution is 2.39. The maximum Gasteiger partial charge on any atom is 0.418 e. The number of rotatable bonds is 2. The van der Waals surface area contributed by atoms with Crippen LogP contribution in [-0.4, -0.2) is 10.1 Å². The molecule has 1 aromatic heterocycles. The molecule has 2 N–H and O–H groups in total. The van der Waals surface area contributed by atoms with Crippen molar-refractivity contribution in [2.45, 2.75) is 6.18 Å². The molecule has 0 aliphatic carbocycles. The molecule has 0 unspecified atom stereocenters. The third kappa shape index (κ3) is 2.87. The maximum atomic E-state index is 13.3.